The fourth-order valence-corrected chi connectivity index (χ4v) is 2.69. The Balaban J connectivity index is 1.95. The van der Waals surface area contributed by atoms with Crippen molar-refractivity contribution in [3.05, 3.63) is 65.5 Å². The lowest BCUT2D eigenvalue weighted by Gasteiger charge is -2.26. The van der Waals surface area contributed by atoms with Crippen molar-refractivity contribution >= 4 is 5.96 Å². The van der Waals surface area contributed by atoms with Gasteiger partial charge in [0.2, 0.25) is 0 Å². The Kier molecular flexibility index (Phi) is 7.41. The van der Waals surface area contributed by atoms with Crippen LogP contribution < -0.4 is 15.4 Å². The summed E-state index contributed by atoms with van der Waals surface area (Å²) in [5.74, 6) is 1.29. The van der Waals surface area contributed by atoms with Crippen molar-refractivity contribution in [1.82, 2.24) is 15.5 Å². The highest BCUT2D eigenvalue weighted by atomic mass is 19.1. The van der Waals surface area contributed by atoms with Crippen LogP contribution in [0.5, 0.6) is 5.75 Å². The van der Waals surface area contributed by atoms with Crippen molar-refractivity contribution < 1.29 is 9.13 Å². The average Bonchev–Trinajstić information content (AvgIpc) is 2.64. The molecule has 0 heterocycles. The van der Waals surface area contributed by atoms with E-state index in [1.54, 1.807) is 26.3 Å². The van der Waals surface area contributed by atoms with Gasteiger partial charge in [-0.3, -0.25) is 4.99 Å². The molecule has 0 fully saturated rings. The van der Waals surface area contributed by atoms with E-state index < -0.39 is 0 Å². The number of likely N-dealkylation sites (N-methyl/N-ethyl adjacent to an activating group) is 1. The minimum atomic E-state index is -0.227. The number of hydrogen-bond donors (Lipinski definition) is 2. The third-order valence-electron chi connectivity index (χ3n) is 4.14. The van der Waals surface area contributed by atoms with Gasteiger partial charge in [0, 0.05) is 20.1 Å². The molecule has 2 rings (SSSR count). The molecule has 0 bridgehead atoms. The fraction of sp³-hybridized carbons (Fsp3) is 0.350. The van der Waals surface area contributed by atoms with E-state index in [-0.39, 0.29) is 11.9 Å². The Morgan fingerprint density at radius 1 is 1.15 bits per heavy atom. The first-order valence-corrected chi connectivity index (χ1v) is 8.53. The van der Waals surface area contributed by atoms with Gasteiger partial charge in [-0.05, 0) is 49.5 Å². The van der Waals surface area contributed by atoms with E-state index in [2.05, 4.69) is 20.5 Å². The van der Waals surface area contributed by atoms with Crippen molar-refractivity contribution in [2.24, 2.45) is 4.99 Å². The molecule has 0 saturated carbocycles. The Hall–Kier alpha value is -2.60. The normalized spacial score (nSPS) is 12.8. The molecule has 6 heteroatoms. The van der Waals surface area contributed by atoms with Gasteiger partial charge < -0.3 is 20.3 Å². The van der Waals surface area contributed by atoms with Gasteiger partial charge in [-0.2, -0.15) is 0 Å². The molecule has 1 unspecified atom stereocenters. The number of hydrogen-bond acceptors (Lipinski definition) is 3. The van der Waals surface area contributed by atoms with Gasteiger partial charge in [0.05, 0.1) is 13.2 Å². The minimum Gasteiger partial charge on any atom is -0.497 e. The lowest BCUT2D eigenvalue weighted by Crippen LogP contribution is -2.41. The predicted octanol–water partition coefficient (Wildman–Crippen LogP) is 2.80. The summed E-state index contributed by atoms with van der Waals surface area (Å²) in [4.78, 5) is 6.31. The van der Waals surface area contributed by atoms with Gasteiger partial charge in [0.25, 0.3) is 0 Å². The van der Waals surface area contributed by atoms with Crippen LogP contribution in [0.2, 0.25) is 0 Å². The van der Waals surface area contributed by atoms with Crippen LogP contribution in [-0.4, -0.2) is 45.7 Å². The lowest BCUT2D eigenvalue weighted by molar-refractivity contribution is 0.297. The van der Waals surface area contributed by atoms with Crippen LogP contribution in [0.25, 0.3) is 0 Å². The zero-order chi connectivity index (χ0) is 18.9. The molecular weight excluding hydrogens is 331 g/mol. The highest BCUT2D eigenvalue weighted by Gasteiger charge is 2.15. The molecule has 5 nitrogen and oxygen atoms in total. The zero-order valence-electron chi connectivity index (χ0n) is 15.8. The van der Waals surface area contributed by atoms with Gasteiger partial charge in [0.15, 0.2) is 5.96 Å². The first kappa shape index (κ1) is 19.7. The maximum Gasteiger partial charge on any atom is 0.191 e. The Labute approximate surface area is 154 Å². The zero-order valence-corrected chi connectivity index (χ0v) is 15.8. The first-order valence-electron chi connectivity index (χ1n) is 8.53. The Morgan fingerprint density at radius 2 is 1.92 bits per heavy atom. The Morgan fingerprint density at radius 3 is 2.58 bits per heavy atom. The van der Waals surface area contributed by atoms with E-state index in [1.165, 1.54) is 6.07 Å². The second-order valence-electron chi connectivity index (χ2n) is 6.19. The third-order valence-corrected chi connectivity index (χ3v) is 4.14. The van der Waals surface area contributed by atoms with Crippen LogP contribution >= 0.6 is 0 Å². The van der Waals surface area contributed by atoms with E-state index in [1.807, 2.05) is 44.4 Å². The molecule has 0 aliphatic heterocycles. The quantitative estimate of drug-likeness (QED) is 0.590. The van der Waals surface area contributed by atoms with Crippen LogP contribution in [0.3, 0.4) is 0 Å². The van der Waals surface area contributed by atoms with Crippen LogP contribution in [0, 0.1) is 5.82 Å². The van der Waals surface area contributed by atoms with Gasteiger partial charge in [-0.15, -0.1) is 0 Å². The number of nitrogens with zero attached hydrogens (tertiary/aromatic N) is 2. The second-order valence-corrected chi connectivity index (χ2v) is 6.19. The summed E-state index contributed by atoms with van der Waals surface area (Å²) < 4.78 is 18.8. The minimum absolute atomic E-state index is 0.0288. The molecule has 2 aromatic rings. The molecule has 0 aromatic heterocycles. The number of aliphatic imine (C=N–C) groups is 1. The van der Waals surface area contributed by atoms with Crippen molar-refractivity contribution in [2.45, 2.75) is 12.6 Å². The van der Waals surface area contributed by atoms with E-state index in [0.29, 0.717) is 19.0 Å². The summed E-state index contributed by atoms with van der Waals surface area (Å²) in [6.45, 7) is 1.23. The number of rotatable bonds is 7. The van der Waals surface area contributed by atoms with Crippen LogP contribution in [0.15, 0.2) is 53.5 Å². The van der Waals surface area contributed by atoms with Crippen LogP contribution in [-0.2, 0) is 6.54 Å². The predicted molar refractivity (Wildman–Crippen MR) is 104 cm³/mol. The van der Waals surface area contributed by atoms with Crippen LogP contribution in [0.4, 0.5) is 4.39 Å². The molecule has 2 N–H and O–H groups in total. The molecule has 0 saturated heterocycles. The maximum absolute atomic E-state index is 13.5. The monoisotopic (exact) mass is 358 g/mol. The molecule has 1 atom stereocenters. The molecule has 0 amide bonds. The topological polar surface area (TPSA) is 48.9 Å². The molecule has 2 aromatic carbocycles. The molecule has 0 radical (unpaired) electrons. The fourth-order valence-electron chi connectivity index (χ4n) is 2.69. The van der Waals surface area contributed by atoms with Crippen molar-refractivity contribution in [3.63, 3.8) is 0 Å². The lowest BCUT2D eigenvalue weighted by atomic mass is 10.1. The largest absolute Gasteiger partial charge is 0.497 e. The molecule has 26 heavy (non-hydrogen) atoms. The number of guanidine groups is 1. The number of benzene rings is 2. The number of methoxy groups -OCH3 is 1. The van der Waals surface area contributed by atoms with E-state index in [0.717, 1.165) is 16.9 Å². The number of ether oxygens (including phenoxy) is 1. The van der Waals surface area contributed by atoms with Gasteiger partial charge >= 0.3 is 0 Å². The molecule has 140 valence electrons. The van der Waals surface area contributed by atoms with Gasteiger partial charge in [0.1, 0.15) is 11.6 Å². The summed E-state index contributed by atoms with van der Waals surface area (Å²) >= 11 is 0. The maximum atomic E-state index is 13.5. The second kappa shape index (κ2) is 9.77. The van der Waals surface area contributed by atoms with E-state index in [9.17, 15) is 4.39 Å². The Bertz CT molecular complexity index is 733. The van der Waals surface area contributed by atoms with Gasteiger partial charge in [-0.25, -0.2) is 4.39 Å². The van der Waals surface area contributed by atoms with Crippen LogP contribution in [0.1, 0.15) is 17.2 Å². The summed E-state index contributed by atoms with van der Waals surface area (Å²) in [6.07, 6.45) is 0. The first-order chi connectivity index (χ1) is 12.5. The molecule has 0 aliphatic rings. The standard InChI is InChI=1S/C20H27FN4O/c1-22-20(23-13-15-7-5-10-18(11-15)26-4)24-14-19(25(2)3)16-8-6-9-17(21)12-16/h5-12,19H,13-14H2,1-4H3,(H2,22,23,24). The van der Waals surface area contributed by atoms with E-state index in [4.69, 9.17) is 4.74 Å². The number of nitrogens with one attached hydrogen (secondary N) is 2. The summed E-state index contributed by atoms with van der Waals surface area (Å²) in [6, 6.07) is 14.6. The molecule has 0 aliphatic carbocycles. The summed E-state index contributed by atoms with van der Waals surface area (Å²) in [7, 11) is 7.34. The highest BCUT2D eigenvalue weighted by molar-refractivity contribution is 5.79. The number of halogens is 1. The average molecular weight is 358 g/mol. The van der Waals surface area contributed by atoms with Gasteiger partial charge in [-0.1, -0.05) is 24.3 Å². The SMILES string of the molecule is CN=C(NCc1cccc(OC)c1)NCC(c1cccc(F)c1)N(C)C. The molecule has 0 spiro atoms. The molecular formula is C20H27FN4O. The smallest absolute Gasteiger partial charge is 0.191 e. The van der Waals surface area contributed by atoms with Crippen molar-refractivity contribution in [2.75, 3.05) is 34.8 Å². The third kappa shape index (κ3) is 5.74. The van der Waals surface area contributed by atoms with Crippen molar-refractivity contribution in [3.8, 4) is 5.75 Å². The summed E-state index contributed by atoms with van der Waals surface area (Å²) in [5, 5.41) is 6.60. The summed E-state index contributed by atoms with van der Waals surface area (Å²) in [5.41, 5.74) is 2.02. The van der Waals surface area contributed by atoms with Crippen molar-refractivity contribution in [1.29, 1.82) is 0 Å². The van der Waals surface area contributed by atoms with E-state index >= 15 is 0 Å². The highest BCUT2D eigenvalue weighted by Crippen LogP contribution is 2.18.